The third-order valence-electron chi connectivity index (χ3n) is 6.16. The summed E-state index contributed by atoms with van der Waals surface area (Å²) in [4.78, 5) is 15.9. The first-order valence-electron chi connectivity index (χ1n) is 9.72. The molecule has 0 aromatic carbocycles. The first kappa shape index (κ1) is 18.9. The summed E-state index contributed by atoms with van der Waals surface area (Å²) in [6, 6.07) is 0. The molecule has 1 saturated heterocycles. The zero-order valence-corrected chi connectivity index (χ0v) is 15.9. The first-order valence-corrected chi connectivity index (χ1v) is 9.72. The van der Waals surface area contributed by atoms with Crippen molar-refractivity contribution < 1.29 is 19.7 Å². The van der Waals surface area contributed by atoms with Gasteiger partial charge in [-0.25, -0.2) is 9.98 Å². The second-order valence-electron chi connectivity index (χ2n) is 7.81. The van der Waals surface area contributed by atoms with E-state index in [1.165, 1.54) is 13.5 Å². The summed E-state index contributed by atoms with van der Waals surface area (Å²) in [5, 5.41) is 19.9. The highest BCUT2D eigenvalue weighted by Crippen LogP contribution is 2.38. The van der Waals surface area contributed by atoms with Crippen LogP contribution in [-0.4, -0.2) is 83.1 Å². The van der Waals surface area contributed by atoms with Gasteiger partial charge < -0.3 is 30.3 Å². The van der Waals surface area contributed by atoms with Gasteiger partial charge in [-0.05, 0) is 19.8 Å². The summed E-state index contributed by atoms with van der Waals surface area (Å²) < 4.78 is 11.3. The van der Waals surface area contributed by atoms with Crippen LogP contribution in [0.4, 0.5) is 0 Å². The molecule has 0 aromatic heterocycles. The molecule has 1 saturated carbocycles. The fourth-order valence-electron chi connectivity index (χ4n) is 4.75. The van der Waals surface area contributed by atoms with Gasteiger partial charge in [-0.3, -0.25) is 4.99 Å². The molecule has 4 rings (SSSR count). The smallest absolute Gasteiger partial charge is 0.162 e. The fourth-order valence-corrected chi connectivity index (χ4v) is 4.75. The number of ether oxygens (including phenoxy) is 2. The quantitative estimate of drug-likeness (QED) is 0.624. The summed E-state index contributed by atoms with van der Waals surface area (Å²) in [7, 11) is 1.52. The molecule has 9 heteroatoms. The molecule has 3 heterocycles. The lowest BCUT2D eigenvalue weighted by Crippen LogP contribution is -2.60. The monoisotopic (exact) mass is 379 g/mol. The molecule has 1 aliphatic carbocycles. The Kier molecular flexibility index (Phi) is 5.06. The number of rotatable bonds is 4. The van der Waals surface area contributed by atoms with E-state index in [1.807, 2.05) is 11.8 Å². The normalized spacial score (nSPS) is 39.9. The first-order chi connectivity index (χ1) is 13.0. The van der Waals surface area contributed by atoms with Crippen LogP contribution < -0.4 is 5.73 Å². The SMILES string of the molecule is CO[C@@H]1[C@H](O)[C@@H](CO)O[C@H]1N1CN=C2C1=NC(C)=NC2(N)C1CCCCC1. The van der Waals surface area contributed by atoms with Crippen LogP contribution in [0.1, 0.15) is 39.0 Å². The van der Waals surface area contributed by atoms with Gasteiger partial charge in [-0.2, -0.15) is 0 Å². The van der Waals surface area contributed by atoms with Crippen molar-refractivity contribution in [3.05, 3.63) is 0 Å². The second-order valence-corrected chi connectivity index (χ2v) is 7.81. The summed E-state index contributed by atoms with van der Waals surface area (Å²) >= 11 is 0. The van der Waals surface area contributed by atoms with Crippen LogP contribution in [0.2, 0.25) is 0 Å². The lowest BCUT2D eigenvalue weighted by Gasteiger charge is -2.39. The molecule has 0 aromatic rings. The van der Waals surface area contributed by atoms with Crippen molar-refractivity contribution >= 4 is 17.4 Å². The average Bonchev–Trinajstić information content (AvgIpc) is 3.23. The van der Waals surface area contributed by atoms with Gasteiger partial charge in [0.1, 0.15) is 36.5 Å². The van der Waals surface area contributed by atoms with E-state index in [0.29, 0.717) is 24.1 Å². The fraction of sp³-hybridized carbons (Fsp3) is 0.833. The zero-order chi connectivity index (χ0) is 19.2. The van der Waals surface area contributed by atoms with Gasteiger partial charge in [0.15, 0.2) is 17.7 Å². The predicted octanol–water partition coefficient (Wildman–Crippen LogP) is -0.141. The number of hydrogen-bond acceptors (Lipinski definition) is 9. The van der Waals surface area contributed by atoms with Gasteiger partial charge in [0, 0.05) is 13.0 Å². The molecular weight excluding hydrogens is 350 g/mol. The van der Waals surface area contributed by atoms with E-state index in [9.17, 15) is 10.2 Å². The maximum absolute atomic E-state index is 10.4. The van der Waals surface area contributed by atoms with Crippen molar-refractivity contribution in [3.8, 4) is 0 Å². The van der Waals surface area contributed by atoms with Crippen LogP contribution in [-0.2, 0) is 9.47 Å². The summed E-state index contributed by atoms with van der Waals surface area (Å²) in [6.45, 7) is 1.88. The molecule has 9 nitrogen and oxygen atoms in total. The van der Waals surface area contributed by atoms with E-state index in [0.717, 1.165) is 25.7 Å². The second kappa shape index (κ2) is 7.21. The van der Waals surface area contributed by atoms with Crippen molar-refractivity contribution in [2.24, 2.45) is 26.6 Å². The number of aliphatic hydroxyl groups excluding tert-OH is 2. The van der Waals surface area contributed by atoms with Gasteiger partial charge in [0.2, 0.25) is 0 Å². The lowest BCUT2D eigenvalue weighted by atomic mass is 9.77. The number of aliphatic imine (C=N–C) groups is 3. The molecular formula is C18H29N5O4. The van der Waals surface area contributed by atoms with Crippen LogP contribution in [0.5, 0.6) is 0 Å². The van der Waals surface area contributed by atoms with Crippen LogP contribution in [0.15, 0.2) is 15.0 Å². The predicted molar refractivity (Wildman–Crippen MR) is 101 cm³/mol. The Hall–Kier alpha value is -1.39. The minimum Gasteiger partial charge on any atom is -0.394 e. The number of fused-ring (bicyclic) bond motifs is 1. The molecule has 4 N–H and O–H groups in total. The van der Waals surface area contributed by atoms with Gasteiger partial charge in [-0.1, -0.05) is 19.3 Å². The number of nitrogens with two attached hydrogens (primary N) is 1. The highest BCUT2D eigenvalue weighted by molar-refractivity contribution is 6.48. The molecule has 3 aliphatic heterocycles. The minimum absolute atomic E-state index is 0.240. The van der Waals surface area contributed by atoms with E-state index in [-0.39, 0.29) is 12.5 Å². The Morgan fingerprint density at radius 1 is 1.33 bits per heavy atom. The van der Waals surface area contributed by atoms with E-state index >= 15 is 0 Å². The number of nitrogens with zero attached hydrogens (tertiary/aromatic N) is 4. The maximum atomic E-state index is 10.4. The van der Waals surface area contributed by atoms with Crippen molar-refractivity contribution in [2.45, 2.75) is 69.2 Å². The van der Waals surface area contributed by atoms with E-state index in [4.69, 9.17) is 25.2 Å². The largest absolute Gasteiger partial charge is 0.394 e. The number of amidine groups is 2. The molecule has 0 spiro atoms. The Morgan fingerprint density at radius 2 is 2.07 bits per heavy atom. The van der Waals surface area contributed by atoms with E-state index < -0.39 is 30.2 Å². The summed E-state index contributed by atoms with van der Waals surface area (Å²) in [6.07, 6.45) is 2.78. The van der Waals surface area contributed by atoms with Gasteiger partial charge in [0.25, 0.3) is 0 Å². The van der Waals surface area contributed by atoms with Crippen molar-refractivity contribution in [3.63, 3.8) is 0 Å². The maximum Gasteiger partial charge on any atom is 0.162 e. The van der Waals surface area contributed by atoms with Crippen molar-refractivity contribution in [2.75, 3.05) is 20.4 Å². The molecule has 0 bridgehead atoms. The number of hydrogen-bond donors (Lipinski definition) is 3. The molecule has 0 radical (unpaired) electrons. The molecule has 2 fully saturated rings. The molecule has 1 unspecified atom stereocenters. The molecule has 27 heavy (non-hydrogen) atoms. The Labute approximate surface area is 159 Å². The average molecular weight is 379 g/mol. The molecule has 5 atom stereocenters. The van der Waals surface area contributed by atoms with Crippen LogP contribution in [0.25, 0.3) is 0 Å². The van der Waals surface area contributed by atoms with E-state index in [2.05, 4.69) is 4.99 Å². The number of aliphatic hydroxyl groups is 2. The Balaban J connectivity index is 1.63. The lowest BCUT2D eigenvalue weighted by molar-refractivity contribution is -0.0765. The van der Waals surface area contributed by atoms with Crippen molar-refractivity contribution in [1.82, 2.24) is 4.90 Å². The topological polar surface area (TPSA) is 125 Å². The third-order valence-corrected chi connectivity index (χ3v) is 6.16. The van der Waals surface area contributed by atoms with Gasteiger partial charge in [0.05, 0.1) is 6.61 Å². The minimum atomic E-state index is -0.922. The van der Waals surface area contributed by atoms with Crippen LogP contribution in [0, 0.1) is 5.92 Å². The van der Waals surface area contributed by atoms with Gasteiger partial charge in [-0.15, -0.1) is 0 Å². The summed E-state index contributed by atoms with van der Waals surface area (Å²) in [5.74, 6) is 1.51. The highest BCUT2D eigenvalue weighted by Gasteiger charge is 2.53. The van der Waals surface area contributed by atoms with Crippen LogP contribution in [0.3, 0.4) is 0 Å². The Morgan fingerprint density at radius 3 is 2.74 bits per heavy atom. The highest BCUT2D eigenvalue weighted by atomic mass is 16.6. The standard InChI is InChI=1S/C18H29N5O4/c1-10-21-16-15(18(19,22-10)11-6-4-3-5-7-11)20-9-23(16)17-14(26-2)13(25)12(8-24)27-17/h11-14,17,24-25H,3-9,19H2,1-2H3/t12-,13-,14-,17-,18?/m1/s1. The third kappa shape index (κ3) is 3.01. The Bertz CT molecular complexity index is 675. The van der Waals surface area contributed by atoms with Crippen molar-refractivity contribution in [1.29, 1.82) is 0 Å². The zero-order valence-electron chi connectivity index (χ0n) is 15.9. The number of methoxy groups -OCH3 is 1. The molecule has 0 amide bonds. The molecule has 150 valence electrons. The van der Waals surface area contributed by atoms with E-state index in [1.54, 1.807) is 0 Å². The van der Waals surface area contributed by atoms with Crippen LogP contribution >= 0.6 is 0 Å². The molecule has 4 aliphatic rings. The van der Waals surface area contributed by atoms with Gasteiger partial charge >= 0.3 is 0 Å². The summed E-state index contributed by atoms with van der Waals surface area (Å²) in [5.41, 5.74) is 6.66.